The van der Waals surface area contributed by atoms with E-state index in [0.29, 0.717) is 11.4 Å². The lowest BCUT2D eigenvalue weighted by Crippen LogP contribution is -2.37. The zero-order valence-corrected chi connectivity index (χ0v) is 17.0. The van der Waals surface area contributed by atoms with Crippen molar-refractivity contribution in [1.82, 2.24) is 4.90 Å². The molecule has 2 N–H and O–H groups in total. The van der Waals surface area contributed by atoms with E-state index in [1.807, 2.05) is 18.2 Å². The molecule has 0 unspecified atom stereocenters. The molecular weight excluding hydrogens is 406 g/mol. The van der Waals surface area contributed by atoms with Crippen molar-refractivity contribution >= 4 is 39.1 Å². The van der Waals surface area contributed by atoms with Crippen LogP contribution in [0.25, 0.3) is 0 Å². The molecule has 1 saturated heterocycles. The van der Waals surface area contributed by atoms with Gasteiger partial charge in [-0.3, -0.25) is 14.5 Å². The number of hydrogen-bond donors (Lipinski definition) is 2. The van der Waals surface area contributed by atoms with Gasteiger partial charge in [0.05, 0.1) is 0 Å². The monoisotopic (exact) mass is 429 g/mol. The normalized spacial score (nSPS) is 15.3. The predicted octanol–water partition coefficient (Wildman–Crippen LogP) is 4.26. The van der Waals surface area contributed by atoms with Crippen molar-refractivity contribution in [3.05, 3.63) is 58.6 Å². The number of carbonyl (C=O) groups excluding carboxylic acids is 2. The number of halogens is 1. The first kappa shape index (κ1) is 19.6. The third kappa shape index (κ3) is 5.91. The SMILES string of the molecule is CC(=O)Nc1cccc(NC(=O)C2CCN(Cc3cccc(Br)c3)CC2)c1. The Balaban J connectivity index is 1.50. The summed E-state index contributed by atoms with van der Waals surface area (Å²) >= 11 is 3.51. The van der Waals surface area contributed by atoms with E-state index < -0.39 is 0 Å². The highest BCUT2D eigenvalue weighted by Crippen LogP contribution is 2.23. The van der Waals surface area contributed by atoms with Gasteiger partial charge in [-0.15, -0.1) is 0 Å². The number of carbonyl (C=O) groups is 2. The number of nitrogens with zero attached hydrogens (tertiary/aromatic N) is 1. The molecule has 2 aromatic carbocycles. The van der Waals surface area contributed by atoms with Gasteiger partial charge >= 0.3 is 0 Å². The lowest BCUT2D eigenvalue weighted by molar-refractivity contribution is -0.121. The van der Waals surface area contributed by atoms with Crippen LogP contribution < -0.4 is 10.6 Å². The maximum atomic E-state index is 12.6. The van der Waals surface area contributed by atoms with Gasteiger partial charge < -0.3 is 10.6 Å². The van der Waals surface area contributed by atoms with Crippen molar-refractivity contribution in [2.45, 2.75) is 26.3 Å². The zero-order chi connectivity index (χ0) is 19.2. The molecule has 0 aliphatic carbocycles. The van der Waals surface area contributed by atoms with Crippen LogP contribution in [-0.4, -0.2) is 29.8 Å². The molecular formula is C21H24BrN3O2. The van der Waals surface area contributed by atoms with E-state index in [0.717, 1.165) is 36.9 Å². The smallest absolute Gasteiger partial charge is 0.227 e. The highest BCUT2D eigenvalue weighted by molar-refractivity contribution is 9.10. The third-order valence-electron chi connectivity index (χ3n) is 4.70. The van der Waals surface area contributed by atoms with E-state index in [4.69, 9.17) is 0 Å². The van der Waals surface area contributed by atoms with Crippen LogP contribution >= 0.6 is 15.9 Å². The molecule has 142 valence electrons. The molecule has 1 aliphatic rings. The van der Waals surface area contributed by atoms with E-state index in [9.17, 15) is 9.59 Å². The Labute approximate surface area is 168 Å². The van der Waals surface area contributed by atoms with E-state index in [1.165, 1.54) is 12.5 Å². The standard InChI is InChI=1S/C21H24BrN3O2/c1-15(26)23-19-6-3-7-20(13-19)24-21(27)17-8-10-25(11-9-17)14-16-4-2-5-18(22)12-16/h2-7,12-13,17H,8-11,14H2,1H3,(H,23,26)(H,24,27). The summed E-state index contributed by atoms with van der Waals surface area (Å²) < 4.78 is 1.09. The molecule has 1 heterocycles. The first-order valence-electron chi connectivity index (χ1n) is 9.15. The van der Waals surface area contributed by atoms with Crippen molar-refractivity contribution in [1.29, 1.82) is 0 Å². The van der Waals surface area contributed by atoms with Gasteiger partial charge in [0.25, 0.3) is 0 Å². The van der Waals surface area contributed by atoms with E-state index in [2.05, 4.69) is 49.7 Å². The molecule has 0 bridgehead atoms. The van der Waals surface area contributed by atoms with Crippen LogP contribution in [0.2, 0.25) is 0 Å². The Morgan fingerprint density at radius 1 is 1.04 bits per heavy atom. The molecule has 3 rings (SSSR count). The molecule has 2 aromatic rings. The van der Waals surface area contributed by atoms with Gasteiger partial charge in [0, 0.05) is 35.2 Å². The largest absolute Gasteiger partial charge is 0.326 e. The maximum Gasteiger partial charge on any atom is 0.227 e. The lowest BCUT2D eigenvalue weighted by atomic mass is 9.95. The summed E-state index contributed by atoms with van der Waals surface area (Å²) in [6.07, 6.45) is 1.70. The second-order valence-corrected chi connectivity index (χ2v) is 7.85. The molecule has 2 amide bonds. The Morgan fingerprint density at radius 3 is 2.37 bits per heavy atom. The van der Waals surface area contributed by atoms with Gasteiger partial charge in [0.1, 0.15) is 0 Å². The summed E-state index contributed by atoms with van der Waals surface area (Å²) in [5, 5.41) is 5.71. The van der Waals surface area contributed by atoms with Crippen LogP contribution in [-0.2, 0) is 16.1 Å². The van der Waals surface area contributed by atoms with Crippen LogP contribution in [0.1, 0.15) is 25.3 Å². The van der Waals surface area contributed by atoms with E-state index in [1.54, 1.807) is 12.1 Å². The Kier molecular flexibility index (Phi) is 6.63. The van der Waals surface area contributed by atoms with E-state index >= 15 is 0 Å². The number of rotatable bonds is 5. The molecule has 0 saturated carbocycles. The molecule has 0 spiro atoms. The average molecular weight is 430 g/mol. The third-order valence-corrected chi connectivity index (χ3v) is 5.20. The molecule has 1 aliphatic heterocycles. The van der Waals surface area contributed by atoms with Gasteiger partial charge in [-0.25, -0.2) is 0 Å². The molecule has 5 nitrogen and oxygen atoms in total. The molecule has 1 fully saturated rings. The summed E-state index contributed by atoms with van der Waals surface area (Å²) in [6.45, 7) is 4.20. The molecule has 6 heteroatoms. The van der Waals surface area contributed by atoms with Crippen molar-refractivity contribution in [2.24, 2.45) is 5.92 Å². The fourth-order valence-electron chi connectivity index (χ4n) is 3.37. The fourth-order valence-corrected chi connectivity index (χ4v) is 3.82. The highest BCUT2D eigenvalue weighted by atomic mass is 79.9. The van der Waals surface area contributed by atoms with Crippen LogP contribution in [0.3, 0.4) is 0 Å². The number of nitrogens with one attached hydrogen (secondary N) is 2. The van der Waals surface area contributed by atoms with Gasteiger partial charge in [-0.1, -0.05) is 34.1 Å². The number of benzene rings is 2. The minimum Gasteiger partial charge on any atom is -0.326 e. The fraction of sp³-hybridized carbons (Fsp3) is 0.333. The van der Waals surface area contributed by atoms with Crippen LogP contribution in [0.15, 0.2) is 53.0 Å². The predicted molar refractivity (Wildman–Crippen MR) is 112 cm³/mol. The average Bonchev–Trinajstić information content (AvgIpc) is 2.62. The number of amides is 2. The molecule has 27 heavy (non-hydrogen) atoms. The molecule has 0 radical (unpaired) electrons. The van der Waals surface area contributed by atoms with Crippen molar-refractivity contribution in [3.8, 4) is 0 Å². The topological polar surface area (TPSA) is 61.4 Å². The van der Waals surface area contributed by atoms with Crippen LogP contribution in [0, 0.1) is 5.92 Å². The number of anilines is 2. The quantitative estimate of drug-likeness (QED) is 0.746. The number of piperidine rings is 1. The van der Waals surface area contributed by atoms with Gasteiger partial charge in [0.2, 0.25) is 11.8 Å². The molecule has 0 aromatic heterocycles. The lowest BCUT2D eigenvalue weighted by Gasteiger charge is -2.31. The van der Waals surface area contributed by atoms with Crippen molar-refractivity contribution < 1.29 is 9.59 Å². The minimum absolute atomic E-state index is 0.0215. The second kappa shape index (κ2) is 9.15. The maximum absolute atomic E-state index is 12.6. The Bertz CT molecular complexity index is 817. The summed E-state index contributed by atoms with van der Waals surface area (Å²) in [6, 6.07) is 15.6. The summed E-state index contributed by atoms with van der Waals surface area (Å²) in [4.78, 5) is 26.1. The van der Waals surface area contributed by atoms with Crippen molar-refractivity contribution in [3.63, 3.8) is 0 Å². The highest BCUT2D eigenvalue weighted by Gasteiger charge is 2.25. The minimum atomic E-state index is -0.128. The van der Waals surface area contributed by atoms with Crippen LogP contribution in [0.5, 0.6) is 0 Å². The first-order chi connectivity index (χ1) is 13.0. The first-order valence-corrected chi connectivity index (χ1v) is 9.94. The van der Waals surface area contributed by atoms with E-state index in [-0.39, 0.29) is 17.7 Å². The van der Waals surface area contributed by atoms with Crippen LogP contribution in [0.4, 0.5) is 11.4 Å². The van der Waals surface area contributed by atoms with Gasteiger partial charge in [-0.05, 0) is 61.8 Å². The Hall–Kier alpha value is -2.18. The number of likely N-dealkylation sites (tertiary alicyclic amines) is 1. The number of hydrogen-bond acceptors (Lipinski definition) is 3. The summed E-state index contributed by atoms with van der Waals surface area (Å²) in [5.74, 6) is -0.0541. The molecule has 0 atom stereocenters. The van der Waals surface area contributed by atoms with Gasteiger partial charge in [-0.2, -0.15) is 0 Å². The summed E-state index contributed by atoms with van der Waals surface area (Å²) in [5.41, 5.74) is 2.68. The summed E-state index contributed by atoms with van der Waals surface area (Å²) in [7, 11) is 0. The Morgan fingerprint density at radius 2 is 1.70 bits per heavy atom. The van der Waals surface area contributed by atoms with Crippen molar-refractivity contribution in [2.75, 3.05) is 23.7 Å². The van der Waals surface area contributed by atoms with Gasteiger partial charge in [0.15, 0.2) is 0 Å². The second-order valence-electron chi connectivity index (χ2n) is 6.93. The zero-order valence-electron chi connectivity index (χ0n) is 15.4.